The molecule has 0 N–H and O–H groups in total. The van der Waals surface area contributed by atoms with Crippen molar-refractivity contribution in [1.82, 2.24) is 0 Å². The first-order valence-corrected chi connectivity index (χ1v) is 9.58. The molecule has 1 aromatic rings. The zero-order valence-electron chi connectivity index (χ0n) is 11.7. The summed E-state index contributed by atoms with van der Waals surface area (Å²) in [6, 6.07) is 11.4. The number of benzene rings is 1. The van der Waals surface area contributed by atoms with Gasteiger partial charge in [0.1, 0.15) is 0 Å². The topological polar surface area (TPSA) is 9.23 Å². The predicted molar refractivity (Wildman–Crippen MR) is 82.1 cm³/mol. The van der Waals surface area contributed by atoms with Crippen LogP contribution in [-0.4, -0.2) is 8.32 Å². The summed E-state index contributed by atoms with van der Waals surface area (Å²) in [5.41, 5.74) is 1.23. The van der Waals surface area contributed by atoms with Gasteiger partial charge in [0, 0.05) is 5.92 Å². The lowest BCUT2D eigenvalue weighted by Crippen LogP contribution is -2.33. The highest BCUT2D eigenvalue weighted by Gasteiger charge is 2.28. The van der Waals surface area contributed by atoms with Crippen LogP contribution < -0.4 is 0 Å². The Hall–Kier alpha value is -1.12. The van der Waals surface area contributed by atoms with E-state index in [2.05, 4.69) is 57.4 Å². The van der Waals surface area contributed by atoms with Gasteiger partial charge in [-0.25, -0.2) is 0 Å². The molecule has 1 nitrogen and oxygen atoms in total. The Morgan fingerprint density at radius 2 is 1.83 bits per heavy atom. The zero-order valence-corrected chi connectivity index (χ0v) is 12.7. The van der Waals surface area contributed by atoms with Gasteiger partial charge in [-0.3, -0.25) is 0 Å². The van der Waals surface area contributed by atoms with Crippen LogP contribution in [0.5, 0.6) is 0 Å². The molecule has 18 heavy (non-hydrogen) atoms. The fraction of sp³-hybridized carbons (Fsp3) is 0.375. The van der Waals surface area contributed by atoms with Gasteiger partial charge >= 0.3 is 0 Å². The molecule has 1 aromatic carbocycles. The summed E-state index contributed by atoms with van der Waals surface area (Å²) >= 11 is 0. The molecule has 0 aliphatic carbocycles. The van der Waals surface area contributed by atoms with E-state index in [9.17, 15) is 0 Å². The minimum absolute atomic E-state index is 0.102. The highest BCUT2D eigenvalue weighted by molar-refractivity contribution is 6.71. The zero-order chi connectivity index (χ0) is 13.6. The molecule has 0 fully saturated rings. The molecular weight excluding hydrogens is 236 g/mol. The third-order valence-electron chi connectivity index (χ3n) is 3.06. The average molecular weight is 260 g/mol. The maximum atomic E-state index is 6.41. The van der Waals surface area contributed by atoms with Gasteiger partial charge in [0.15, 0.2) is 8.32 Å². The molecule has 0 spiro atoms. The van der Waals surface area contributed by atoms with E-state index >= 15 is 0 Å². The van der Waals surface area contributed by atoms with Gasteiger partial charge in [0.25, 0.3) is 0 Å². The van der Waals surface area contributed by atoms with Crippen LogP contribution in [0.1, 0.15) is 18.6 Å². The van der Waals surface area contributed by atoms with Crippen molar-refractivity contribution in [1.29, 1.82) is 0 Å². The van der Waals surface area contributed by atoms with Crippen molar-refractivity contribution >= 4 is 8.32 Å². The second-order valence-electron chi connectivity index (χ2n) is 5.30. The summed E-state index contributed by atoms with van der Waals surface area (Å²) in [4.78, 5) is 0. The van der Waals surface area contributed by atoms with Crippen molar-refractivity contribution in [2.45, 2.75) is 32.2 Å². The lowest BCUT2D eigenvalue weighted by molar-refractivity contribution is 0.158. The largest absolute Gasteiger partial charge is 0.410 e. The van der Waals surface area contributed by atoms with Crippen molar-refractivity contribution in [3.63, 3.8) is 0 Å². The maximum Gasteiger partial charge on any atom is 0.191 e. The summed E-state index contributed by atoms with van der Waals surface area (Å²) in [7, 11) is -1.69. The smallest absolute Gasteiger partial charge is 0.191 e. The normalized spacial score (nSPS) is 14.8. The number of hydrogen-bond acceptors (Lipinski definition) is 1. The summed E-state index contributed by atoms with van der Waals surface area (Å²) < 4.78 is 6.41. The number of rotatable bonds is 7. The molecule has 0 heterocycles. The SMILES string of the molecule is C=CC[Si](C)(C)O[C@@H](c1ccccc1)[C@H](C)C=C. The second-order valence-corrected chi connectivity index (χ2v) is 9.46. The van der Waals surface area contributed by atoms with Gasteiger partial charge in [0.05, 0.1) is 6.10 Å². The minimum atomic E-state index is -1.69. The highest BCUT2D eigenvalue weighted by atomic mass is 28.4. The van der Waals surface area contributed by atoms with Gasteiger partial charge in [0.2, 0.25) is 0 Å². The van der Waals surface area contributed by atoms with Crippen LogP contribution in [0.2, 0.25) is 19.1 Å². The van der Waals surface area contributed by atoms with Gasteiger partial charge < -0.3 is 4.43 Å². The van der Waals surface area contributed by atoms with Crippen LogP contribution in [-0.2, 0) is 4.43 Å². The minimum Gasteiger partial charge on any atom is -0.410 e. The van der Waals surface area contributed by atoms with Crippen molar-refractivity contribution in [2.24, 2.45) is 5.92 Å². The summed E-state index contributed by atoms with van der Waals surface area (Å²) in [5, 5.41) is 0. The third-order valence-corrected chi connectivity index (χ3v) is 5.22. The Morgan fingerprint density at radius 1 is 1.22 bits per heavy atom. The Bertz CT molecular complexity index is 383. The quantitative estimate of drug-likeness (QED) is 0.497. The molecule has 0 saturated heterocycles. The van der Waals surface area contributed by atoms with Crippen LogP contribution in [0.25, 0.3) is 0 Å². The van der Waals surface area contributed by atoms with E-state index in [-0.39, 0.29) is 6.10 Å². The van der Waals surface area contributed by atoms with E-state index < -0.39 is 8.32 Å². The summed E-state index contributed by atoms with van der Waals surface area (Å²) in [6.07, 6.45) is 4.04. The lowest BCUT2D eigenvalue weighted by Gasteiger charge is -2.31. The van der Waals surface area contributed by atoms with Crippen LogP contribution in [0.3, 0.4) is 0 Å². The first-order chi connectivity index (χ1) is 8.50. The van der Waals surface area contributed by atoms with E-state index in [1.54, 1.807) is 0 Å². The Balaban J connectivity index is 2.93. The van der Waals surface area contributed by atoms with Crippen molar-refractivity contribution in [2.75, 3.05) is 0 Å². The van der Waals surface area contributed by atoms with Crippen LogP contribution >= 0.6 is 0 Å². The maximum absolute atomic E-state index is 6.41. The molecule has 0 aliphatic rings. The van der Waals surface area contributed by atoms with Gasteiger partial charge in [-0.2, -0.15) is 0 Å². The molecule has 98 valence electrons. The molecule has 0 bridgehead atoms. The first kappa shape index (κ1) is 14.9. The molecule has 2 heteroatoms. The van der Waals surface area contributed by atoms with E-state index in [4.69, 9.17) is 4.43 Å². The fourth-order valence-corrected chi connectivity index (χ4v) is 3.81. The number of hydrogen-bond donors (Lipinski definition) is 0. The van der Waals surface area contributed by atoms with Crippen LogP contribution in [0.4, 0.5) is 0 Å². The highest BCUT2D eigenvalue weighted by Crippen LogP contribution is 2.31. The van der Waals surface area contributed by atoms with Crippen LogP contribution in [0.15, 0.2) is 55.6 Å². The fourth-order valence-electron chi connectivity index (χ4n) is 1.98. The van der Waals surface area contributed by atoms with E-state index in [1.807, 2.05) is 18.2 Å². The van der Waals surface area contributed by atoms with Gasteiger partial charge in [-0.15, -0.1) is 13.2 Å². The summed E-state index contributed by atoms with van der Waals surface area (Å²) in [6.45, 7) is 14.4. The standard InChI is InChI=1S/C16H24OSi/c1-6-13-18(4,5)17-16(14(3)7-2)15-11-9-8-10-12-15/h6-12,14,16H,1-2,13H2,3-5H3/t14-,16-/m1/s1. The molecule has 0 unspecified atom stereocenters. The molecule has 1 rings (SSSR count). The van der Waals surface area contributed by atoms with Gasteiger partial charge in [-0.05, 0) is 24.7 Å². The van der Waals surface area contributed by atoms with Crippen molar-refractivity contribution < 1.29 is 4.43 Å². The summed E-state index contributed by atoms with van der Waals surface area (Å²) in [5.74, 6) is 0.309. The van der Waals surface area contributed by atoms with Crippen LogP contribution in [0, 0.1) is 5.92 Å². The molecule has 0 aromatic heterocycles. The van der Waals surface area contributed by atoms with Crippen molar-refractivity contribution in [3.8, 4) is 0 Å². The molecule has 2 atom stereocenters. The monoisotopic (exact) mass is 260 g/mol. The van der Waals surface area contributed by atoms with Gasteiger partial charge in [-0.1, -0.05) is 49.4 Å². The lowest BCUT2D eigenvalue weighted by atomic mass is 9.98. The van der Waals surface area contributed by atoms with E-state index in [0.29, 0.717) is 5.92 Å². The van der Waals surface area contributed by atoms with E-state index in [0.717, 1.165) is 6.04 Å². The van der Waals surface area contributed by atoms with Crippen molar-refractivity contribution in [3.05, 3.63) is 61.2 Å². The van der Waals surface area contributed by atoms with E-state index in [1.165, 1.54) is 5.56 Å². The second kappa shape index (κ2) is 6.71. The Labute approximate surface area is 112 Å². The third kappa shape index (κ3) is 4.28. The molecule has 0 radical (unpaired) electrons. The average Bonchev–Trinajstić information content (AvgIpc) is 2.36. The predicted octanol–water partition coefficient (Wildman–Crippen LogP) is 4.96. The molecule has 0 saturated carbocycles. The molecule has 0 amide bonds. The Morgan fingerprint density at radius 3 is 2.33 bits per heavy atom. The molecular formula is C16H24OSi. The Kier molecular flexibility index (Phi) is 5.57. The first-order valence-electron chi connectivity index (χ1n) is 6.46. The molecule has 0 aliphatic heterocycles. The number of allylic oxidation sites excluding steroid dienone is 1.